The molecule has 3 amide bonds. The number of carbonyl (C=O) groups excluding carboxylic acids is 2. The Bertz CT molecular complexity index is 298. The molecule has 2 unspecified atom stereocenters. The fourth-order valence-electron chi connectivity index (χ4n) is 1.67. The lowest BCUT2D eigenvalue weighted by Crippen LogP contribution is -2.51. The Balaban J connectivity index is 2.25. The van der Waals surface area contributed by atoms with E-state index in [9.17, 15) is 9.59 Å². The van der Waals surface area contributed by atoms with Crippen molar-refractivity contribution in [2.45, 2.75) is 19.1 Å². The first-order valence-corrected chi connectivity index (χ1v) is 6.09. The van der Waals surface area contributed by atoms with Crippen molar-refractivity contribution in [3.63, 3.8) is 0 Å². The van der Waals surface area contributed by atoms with Crippen LogP contribution in [0.4, 0.5) is 4.79 Å². The molecule has 0 radical (unpaired) electrons. The van der Waals surface area contributed by atoms with Crippen LogP contribution in [0.1, 0.15) is 6.92 Å². The summed E-state index contributed by atoms with van der Waals surface area (Å²) in [5, 5.41) is 7.61. The standard InChI is InChI=1S/C11H22N4O3/c1-8(10(16)14-11(17)12-2)13-6-9-7-15(3)4-5-18-9/h8-9,13H,4-7H2,1-3H3,(H2,12,14,16,17). The number of likely N-dealkylation sites (N-methyl/N-ethyl adjacent to an activating group) is 1. The Morgan fingerprint density at radius 3 is 2.83 bits per heavy atom. The number of carbonyl (C=O) groups is 2. The van der Waals surface area contributed by atoms with Crippen LogP contribution in [-0.2, 0) is 9.53 Å². The number of hydrogen-bond donors (Lipinski definition) is 3. The Kier molecular flexibility index (Phi) is 6.03. The lowest BCUT2D eigenvalue weighted by atomic mass is 10.2. The van der Waals surface area contributed by atoms with E-state index in [1.54, 1.807) is 6.92 Å². The van der Waals surface area contributed by atoms with Crippen molar-refractivity contribution in [2.75, 3.05) is 40.3 Å². The van der Waals surface area contributed by atoms with Crippen molar-refractivity contribution in [3.05, 3.63) is 0 Å². The van der Waals surface area contributed by atoms with Gasteiger partial charge in [-0.15, -0.1) is 0 Å². The van der Waals surface area contributed by atoms with E-state index in [0.29, 0.717) is 13.2 Å². The first kappa shape index (κ1) is 14.9. The summed E-state index contributed by atoms with van der Waals surface area (Å²) < 4.78 is 5.57. The average Bonchev–Trinajstić information content (AvgIpc) is 2.35. The number of urea groups is 1. The van der Waals surface area contributed by atoms with Gasteiger partial charge in [-0.05, 0) is 14.0 Å². The predicted octanol–water partition coefficient (Wildman–Crippen LogP) is -1.25. The lowest BCUT2D eigenvalue weighted by molar-refractivity contribution is -0.121. The van der Waals surface area contributed by atoms with Gasteiger partial charge in [0.2, 0.25) is 5.91 Å². The SMILES string of the molecule is CNC(=O)NC(=O)C(C)NCC1CN(C)CCO1. The van der Waals surface area contributed by atoms with E-state index in [-0.39, 0.29) is 12.0 Å². The topological polar surface area (TPSA) is 82.7 Å². The molecule has 0 aromatic heterocycles. The second-order valence-corrected chi connectivity index (χ2v) is 4.45. The summed E-state index contributed by atoms with van der Waals surface area (Å²) in [6, 6.07) is -0.930. The van der Waals surface area contributed by atoms with E-state index in [1.807, 2.05) is 7.05 Å². The van der Waals surface area contributed by atoms with Crippen molar-refractivity contribution >= 4 is 11.9 Å². The van der Waals surface area contributed by atoms with Crippen LogP contribution in [0.15, 0.2) is 0 Å². The van der Waals surface area contributed by atoms with E-state index >= 15 is 0 Å². The number of imide groups is 1. The van der Waals surface area contributed by atoms with Gasteiger partial charge in [0.05, 0.1) is 18.8 Å². The van der Waals surface area contributed by atoms with Gasteiger partial charge in [0.15, 0.2) is 0 Å². The normalized spacial score (nSPS) is 22.3. The van der Waals surface area contributed by atoms with Gasteiger partial charge in [-0.2, -0.15) is 0 Å². The van der Waals surface area contributed by atoms with Crippen molar-refractivity contribution in [1.82, 2.24) is 20.9 Å². The van der Waals surface area contributed by atoms with Crippen LogP contribution in [0.5, 0.6) is 0 Å². The molecule has 1 fully saturated rings. The molecule has 7 heteroatoms. The Morgan fingerprint density at radius 2 is 2.22 bits per heavy atom. The smallest absolute Gasteiger partial charge is 0.321 e. The van der Waals surface area contributed by atoms with Crippen LogP contribution < -0.4 is 16.0 Å². The molecule has 1 rings (SSSR count). The number of nitrogens with zero attached hydrogens (tertiary/aromatic N) is 1. The average molecular weight is 258 g/mol. The maximum absolute atomic E-state index is 11.6. The summed E-state index contributed by atoms with van der Waals surface area (Å²) in [7, 11) is 3.50. The largest absolute Gasteiger partial charge is 0.374 e. The third-order valence-corrected chi connectivity index (χ3v) is 2.85. The number of nitrogens with one attached hydrogen (secondary N) is 3. The molecule has 0 aliphatic carbocycles. The maximum atomic E-state index is 11.6. The minimum atomic E-state index is -0.498. The zero-order valence-corrected chi connectivity index (χ0v) is 11.2. The molecule has 0 saturated carbocycles. The minimum Gasteiger partial charge on any atom is -0.374 e. The molecule has 1 saturated heterocycles. The van der Waals surface area contributed by atoms with Crippen molar-refractivity contribution < 1.29 is 14.3 Å². The zero-order chi connectivity index (χ0) is 13.5. The number of hydrogen-bond acceptors (Lipinski definition) is 5. The first-order chi connectivity index (χ1) is 8.52. The highest BCUT2D eigenvalue weighted by Crippen LogP contribution is 2.01. The predicted molar refractivity (Wildman–Crippen MR) is 67.3 cm³/mol. The highest BCUT2D eigenvalue weighted by atomic mass is 16.5. The molecule has 1 aliphatic rings. The van der Waals surface area contributed by atoms with E-state index in [0.717, 1.165) is 13.1 Å². The highest BCUT2D eigenvalue weighted by molar-refractivity contribution is 5.96. The summed E-state index contributed by atoms with van der Waals surface area (Å²) in [6.45, 7) is 4.79. The quantitative estimate of drug-likeness (QED) is 0.587. The maximum Gasteiger partial charge on any atom is 0.321 e. The van der Waals surface area contributed by atoms with E-state index in [1.165, 1.54) is 7.05 Å². The molecule has 7 nitrogen and oxygen atoms in total. The number of ether oxygens (including phenoxy) is 1. The molecule has 0 bridgehead atoms. The molecule has 2 atom stereocenters. The number of morpholine rings is 1. The molecular weight excluding hydrogens is 236 g/mol. The van der Waals surface area contributed by atoms with Gasteiger partial charge in [0, 0.05) is 26.7 Å². The lowest BCUT2D eigenvalue weighted by Gasteiger charge is -2.30. The molecule has 1 aliphatic heterocycles. The van der Waals surface area contributed by atoms with Crippen LogP contribution in [0, 0.1) is 0 Å². The molecule has 3 N–H and O–H groups in total. The Hall–Kier alpha value is -1.18. The summed E-state index contributed by atoms with van der Waals surface area (Å²) in [5.41, 5.74) is 0. The Labute approximate surface area is 107 Å². The van der Waals surface area contributed by atoms with Gasteiger partial charge >= 0.3 is 6.03 Å². The third-order valence-electron chi connectivity index (χ3n) is 2.85. The van der Waals surface area contributed by atoms with Crippen LogP contribution in [-0.4, -0.2) is 69.3 Å². The van der Waals surface area contributed by atoms with Crippen molar-refractivity contribution in [3.8, 4) is 0 Å². The van der Waals surface area contributed by atoms with E-state index < -0.39 is 12.1 Å². The summed E-state index contributed by atoms with van der Waals surface area (Å²) >= 11 is 0. The van der Waals surface area contributed by atoms with E-state index in [4.69, 9.17) is 4.74 Å². The second kappa shape index (κ2) is 7.30. The highest BCUT2D eigenvalue weighted by Gasteiger charge is 2.20. The van der Waals surface area contributed by atoms with Gasteiger partial charge < -0.3 is 20.3 Å². The van der Waals surface area contributed by atoms with Crippen LogP contribution in [0.3, 0.4) is 0 Å². The molecule has 1 heterocycles. The van der Waals surface area contributed by atoms with Gasteiger partial charge in [-0.25, -0.2) is 4.79 Å². The van der Waals surface area contributed by atoms with Crippen molar-refractivity contribution in [2.24, 2.45) is 0 Å². The first-order valence-electron chi connectivity index (χ1n) is 6.09. The molecule has 18 heavy (non-hydrogen) atoms. The molecule has 104 valence electrons. The summed E-state index contributed by atoms with van der Waals surface area (Å²) in [6.07, 6.45) is 0.0824. The Morgan fingerprint density at radius 1 is 1.50 bits per heavy atom. The van der Waals surface area contributed by atoms with Crippen LogP contribution >= 0.6 is 0 Å². The molecule has 0 spiro atoms. The number of amides is 3. The third kappa shape index (κ3) is 4.99. The van der Waals surface area contributed by atoms with Gasteiger partial charge in [-0.1, -0.05) is 0 Å². The zero-order valence-electron chi connectivity index (χ0n) is 11.2. The molecule has 0 aromatic rings. The molecule has 0 aromatic carbocycles. The fraction of sp³-hybridized carbons (Fsp3) is 0.818. The summed E-state index contributed by atoms with van der Waals surface area (Å²) in [4.78, 5) is 24.7. The van der Waals surface area contributed by atoms with Gasteiger partial charge in [-0.3, -0.25) is 10.1 Å². The van der Waals surface area contributed by atoms with Crippen molar-refractivity contribution in [1.29, 1.82) is 0 Å². The summed E-state index contributed by atoms with van der Waals surface area (Å²) in [5.74, 6) is -0.349. The van der Waals surface area contributed by atoms with Crippen LogP contribution in [0.2, 0.25) is 0 Å². The van der Waals surface area contributed by atoms with Gasteiger partial charge in [0.25, 0.3) is 0 Å². The minimum absolute atomic E-state index is 0.0824. The monoisotopic (exact) mass is 258 g/mol. The van der Waals surface area contributed by atoms with E-state index in [2.05, 4.69) is 20.9 Å². The molecular formula is C11H22N4O3. The fourth-order valence-corrected chi connectivity index (χ4v) is 1.67. The van der Waals surface area contributed by atoms with Crippen LogP contribution in [0.25, 0.3) is 0 Å². The van der Waals surface area contributed by atoms with Gasteiger partial charge in [0.1, 0.15) is 0 Å². The second-order valence-electron chi connectivity index (χ2n) is 4.45. The number of rotatable bonds is 4.